The van der Waals surface area contributed by atoms with Crippen molar-refractivity contribution in [1.82, 2.24) is 0 Å². The van der Waals surface area contributed by atoms with E-state index >= 15 is 0 Å². The molecule has 1 aliphatic rings. The standard InChI is InChI=1S/C13H16BrFO/c14-10-7-4-8-11(15)12(10)13(16)9-5-2-1-3-6-9/h4,7-9,13,16H,1-3,5-6H2. The van der Waals surface area contributed by atoms with E-state index in [0.717, 1.165) is 25.7 Å². The Hall–Kier alpha value is -0.410. The van der Waals surface area contributed by atoms with Gasteiger partial charge in [0.1, 0.15) is 5.82 Å². The van der Waals surface area contributed by atoms with Gasteiger partial charge in [-0.15, -0.1) is 0 Å². The fourth-order valence-corrected chi connectivity index (χ4v) is 3.06. The summed E-state index contributed by atoms with van der Waals surface area (Å²) < 4.78 is 14.3. The van der Waals surface area contributed by atoms with Gasteiger partial charge in [-0.1, -0.05) is 41.3 Å². The van der Waals surface area contributed by atoms with Crippen LogP contribution in [-0.4, -0.2) is 5.11 Å². The van der Waals surface area contributed by atoms with Crippen LogP contribution >= 0.6 is 15.9 Å². The summed E-state index contributed by atoms with van der Waals surface area (Å²) in [6, 6.07) is 4.84. The van der Waals surface area contributed by atoms with Crippen LogP contribution in [0.1, 0.15) is 43.8 Å². The lowest BCUT2D eigenvalue weighted by Gasteiger charge is -2.27. The van der Waals surface area contributed by atoms with Crippen LogP contribution in [0.3, 0.4) is 0 Å². The molecule has 1 aromatic carbocycles. The van der Waals surface area contributed by atoms with Crippen LogP contribution in [0.25, 0.3) is 0 Å². The molecular weight excluding hydrogens is 271 g/mol. The molecule has 0 saturated heterocycles. The van der Waals surface area contributed by atoms with Gasteiger partial charge in [0.15, 0.2) is 0 Å². The van der Waals surface area contributed by atoms with Crippen LogP contribution in [0.15, 0.2) is 22.7 Å². The van der Waals surface area contributed by atoms with E-state index in [-0.39, 0.29) is 11.7 Å². The summed E-state index contributed by atoms with van der Waals surface area (Å²) in [6.45, 7) is 0. The molecule has 1 saturated carbocycles. The molecule has 16 heavy (non-hydrogen) atoms. The number of hydrogen-bond donors (Lipinski definition) is 1. The molecule has 2 rings (SSSR count). The smallest absolute Gasteiger partial charge is 0.130 e. The second kappa shape index (κ2) is 5.28. The van der Waals surface area contributed by atoms with E-state index in [1.54, 1.807) is 12.1 Å². The molecule has 0 heterocycles. The first-order chi connectivity index (χ1) is 7.70. The molecule has 88 valence electrons. The number of aliphatic hydroxyl groups is 1. The lowest BCUT2D eigenvalue weighted by atomic mass is 9.82. The van der Waals surface area contributed by atoms with Crippen LogP contribution in [-0.2, 0) is 0 Å². The molecule has 0 radical (unpaired) electrons. The topological polar surface area (TPSA) is 20.2 Å². The summed E-state index contributed by atoms with van der Waals surface area (Å²) in [5.41, 5.74) is 0.425. The third-order valence-corrected chi connectivity index (χ3v) is 4.08. The highest BCUT2D eigenvalue weighted by atomic mass is 79.9. The molecule has 1 fully saturated rings. The van der Waals surface area contributed by atoms with Crippen molar-refractivity contribution in [2.24, 2.45) is 5.92 Å². The van der Waals surface area contributed by atoms with Crippen molar-refractivity contribution >= 4 is 15.9 Å². The van der Waals surface area contributed by atoms with Crippen molar-refractivity contribution in [3.63, 3.8) is 0 Å². The lowest BCUT2D eigenvalue weighted by molar-refractivity contribution is 0.0810. The fraction of sp³-hybridized carbons (Fsp3) is 0.538. The Morgan fingerprint density at radius 2 is 1.94 bits per heavy atom. The predicted octanol–water partition coefficient (Wildman–Crippen LogP) is 4.20. The van der Waals surface area contributed by atoms with Gasteiger partial charge in [0, 0.05) is 10.0 Å². The van der Waals surface area contributed by atoms with Gasteiger partial charge in [0.2, 0.25) is 0 Å². The third kappa shape index (κ3) is 2.46. The van der Waals surface area contributed by atoms with E-state index in [0.29, 0.717) is 10.0 Å². The minimum atomic E-state index is -0.670. The van der Waals surface area contributed by atoms with Crippen molar-refractivity contribution in [2.45, 2.75) is 38.2 Å². The minimum absolute atomic E-state index is 0.210. The molecule has 1 unspecified atom stereocenters. The zero-order valence-electron chi connectivity index (χ0n) is 9.13. The SMILES string of the molecule is OC(c1c(F)cccc1Br)C1CCCCC1. The Balaban J connectivity index is 2.22. The monoisotopic (exact) mass is 286 g/mol. The summed E-state index contributed by atoms with van der Waals surface area (Å²) >= 11 is 3.31. The summed E-state index contributed by atoms with van der Waals surface area (Å²) in [7, 11) is 0. The van der Waals surface area contributed by atoms with Crippen molar-refractivity contribution in [1.29, 1.82) is 0 Å². The van der Waals surface area contributed by atoms with Gasteiger partial charge in [-0.2, -0.15) is 0 Å². The molecule has 1 nitrogen and oxygen atoms in total. The molecule has 0 spiro atoms. The maximum Gasteiger partial charge on any atom is 0.130 e. The van der Waals surface area contributed by atoms with Gasteiger partial charge in [0.25, 0.3) is 0 Å². The van der Waals surface area contributed by atoms with Gasteiger partial charge in [-0.25, -0.2) is 4.39 Å². The van der Waals surface area contributed by atoms with Crippen molar-refractivity contribution < 1.29 is 9.50 Å². The molecule has 0 aliphatic heterocycles. The summed E-state index contributed by atoms with van der Waals surface area (Å²) in [5, 5.41) is 10.2. The minimum Gasteiger partial charge on any atom is -0.388 e. The van der Waals surface area contributed by atoms with Gasteiger partial charge < -0.3 is 5.11 Å². The zero-order chi connectivity index (χ0) is 11.5. The maximum atomic E-state index is 13.7. The third-order valence-electron chi connectivity index (χ3n) is 3.39. The zero-order valence-corrected chi connectivity index (χ0v) is 10.7. The van der Waals surface area contributed by atoms with Crippen LogP contribution in [0, 0.1) is 11.7 Å². The average Bonchev–Trinajstić information content (AvgIpc) is 2.30. The lowest BCUT2D eigenvalue weighted by Crippen LogP contribution is -2.17. The molecule has 0 aromatic heterocycles. The average molecular weight is 287 g/mol. The summed E-state index contributed by atoms with van der Waals surface area (Å²) in [4.78, 5) is 0. The van der Waals surface area contributed by atoms with E-state index in [1.165, 1.54) is 12.5 Å². The van der Waals surface area contributed by atoms with Gasteiger partial charge in [-0.05, 0) is 30.9 Å². The summed E-state index contributed by atoms with van der Waals surface area (Å²) in [6.07, 6.45) is 4.86. The molecule has 1 N–H and O–H groups in total. The number of benzene rings is 1. The quantitative estimate of drug-likeness (QED) is 0.864. The second-order valence-corrected chi connectivity index (χ2v) is 5.33. The Kier molecular flexibility index (Phi) is 3.98. The molecular formula is C13H16BrFO. The number of halogens is 2. The highest BCUT2D eigenvalue weighted by Crippen LogP contribution is 2.37. The summed E-state index contributed by atoms with van der Waals surface area (Å²) in [5.74, 6) is -0.102. The Bertz CT molecular complexity index is 341. The van der Waals surface area contributed by atoms with E-state index in [9.17, 15) is 9.50 Å². The van der Waals surface area contributed by atoms with E-state index in [2.05, 4.69) is 15.9 Å². The normalized spacial score (nSPS) is 19.7. The van der Waals surface area contributed by atoms with Gasteiger partial charge >= 0.3 is 0 Å². The number of hydrogen-bond acceptors (Lipinski definition) is 1. The predicted molar refractivity (Wildman–Crippen MR) is 65.6 cm³/mol. The Morgan fingerprint density at radius 3 is 2.56 bits per heavy atom. The van der Waals surface area contributed by atoms with Gasteiger partial charge in [0.05, 0.1) is 6.10 Å². The first-order valence-electron chi connectivity index (χ1n) is 5.82. The van der Waals surface area contributed by atoms with Crippen LogP contribution in [0.2, 0.25) is 0 Å². The largest absolute Gasteiger partial charge is 0.388 e. The van der Waals surface area contributed by atoms with Crippen molar-refractivity contribution in [2.75, 3.05) is 0 Å². The Morgan fingerprint density at radius 1 is 1.25 bits per heavy atom. The van der Waals surface area contributed by atoms with Crippen LogP contribution in [0.4, 0.5) is 4.39 Å². The highest BCUT2D eigenvalue weighted by Gasteiger charge is 2.26. The highest BCUT2D eigenvalue weighted by molar-refractivity contribution is 9.10. The maximum absolute atomic E-state index is 13.7. The van der Waals surface area contributed by atoms with Crippen LogP contribution in [0.5, 0.6) is 0 Å². The molecule has 3 heteroatoms. The van der Waals surface area contributed by atoms with Crippen molar-refractivity contribution in [3.05, 3.63) is 34.1 Å². The molecule has 1 atom stereocenters. The molecule has 0 amide bonds. The first-order valence-corrected chi connectivity index (χ1v) is 6.61. The molecule has 0 bridgehead atoms. The number of rotatable bonds is 2. The van der Waals surface area contributed by atoms with Crippen LogP contribution < -0.4 is 0 Å². The fourth-order valence-electron chi connectivity index (χ4n) is 2.48. The van der Waals surface area contributed by atoms with E-state index in [1.807, 2.05) is 0 Å². The molecule has 1 aromatic rings. The van der Waals surface area contributed by atoms with E-state index < -0.39 is 6.10 Å². The van der Waals surface area contributed by atoms with Gasteiger partial charge in [-0.3, -0.25) is 0 Å². The van der Waals surface area contributed by atoms with Crippen molar-refractivity contribution in [3.8, 4) is 0 Å². The Labute approximate surface area is 104 Å². The molecule has 1 aliphatic carbocycles. The number of aliphatic hydroxyl groups excluding tert-OH is 1. The first kappa shape index (κ1) is 12.1. The second-order valence-electron chi connectivity index (χ2n) is 4.48. The van der Waals surface area contributed by atoms with E-state index in [4.69, 9.17) is 0 Å².